The molecule has 1 amide bonds. The lowest BCUT2D eigenvalue weighted by atomic mass is 10.00. The van der Waals surface area contributed by atoms with E-state index in [0.717, 1.165) is 18.4 Å². The van der Waals surface area contributed by atoms with E-state index in [2.05, 4.69) is 0 Å². The van der Waals surface area contributed by atoms with Crippen LogP contribution >= 0.6 is 0 Å². The lowest BCUT2D eigenvalue weighted by molar-refractivity contribution is -0.137. The summed E-state index contributed by atoms with van der Waals surface area (Å²) in [6, 6.07) is 9.54. The summed E-state index contributed by atoms with van der Waals surface area (Å²) < 4.78 is 0. The van der Waals surface area contributed by atoms with Gasteiger partial charge in [0.1, 0.15) is 0 Å². The summed E-state index contributed by atoms with van der Waals surface area (Å²) in [6.45, 7) is 0.494. The van der Waals surface area contributed by atoms with E-state index in [9.17, 15) is 14.4 Å². The molecule has 1 atom stereocenters. The lowest BCUT2D eigenvalue weighted by Gasteiger charge is -2.33. The van der Waals surface area contributed by atoms with E-state index in [4.69, 9.17) is 5.11 Å². The van der Waals surface area contributed by atoms with Crippen molar-refractivity contribution in [2.45, 2.75) is 51.0 Å². The third-order valence-electron chi connectivity index (χ3n) is 4.57. The second kappa shape index (κ2) is 11.1. The molecule has 1 aliphatic heterocycles. The van der Waals surface area contributed by atoms with Crippen LogP contribution in [-0.4, -0.2) is 40.3 Å². The number of carboxylic acids is 1. The molecule has 0 radical (unpaired) electrons. The highest BCUT2D eigenvalue weighted by atomic mass is 16.4. The molecule has 0 bridgehead atoms. The molecule has 1 aromatic carbocycles. The molecule has 1 aromatic rings. The molecule has 1 heterocycles. The molecule has 1 N–H and O–H groups in total. The van der Waals surface area contributed by atoms with Gasteiger partial charge in [0, 0.05) is 25.8 Å². The monoisotopic (exact) mass is 369 g/mol. The molecule has 1 saturated heterocycles. The van der Waals surface area contributed by atoms with Gasteiger partial charge in [-0.15, -0.1) is 0 Å². The van der Waals surface area contributed by atoms with Crippen molar-refractivity contribution in [2.24, 2.45) is 0 Å². The molecule has 1 aliphatic rings. The van der Waals surface area contributed by atoms with Crippen LogP contribution in [0.5, 0.6) is 0 Å². The van der Waals surface area contributed by atoms with Gasteiger partial charge in [0.15, 0.2) is 5.78 Å². The van der Waals surface area contributed by atoms with E-state index in [-0.39, 0.29) is 24.2 Å². The number of rotatable bonds is 10. The van der Waals surface area contributed by atoms with Crippen molar-refractivity contribution in [3.63, 3.8) is 0 Å². The smallest absolute Gasteiger partial charge is 0.303 e. The van der Waals surface area contributed by atoms with Crippen molar-refractivity contribution < 1.29 is 19.5 Å². The number of allylic oxidation sites excluding steroid dienone is 2. The van der Waals surface area contributed by atoms with E-state index in [1.54, 1.807) is 11.0 Å². The summed E-state index contributed by atoms with van der Waals surface area (Å²) in [5, 5.41) is 8.63. The Balaban J connectivity index is 1.86. The van der Waals surface area contributed by atoms with Crippen LogP contribution in [0.1, 0.15) is 44.1 Å². The van der Waals surface area contributed by atoms with Crippen molar-refractivity contribution in [3.05, 3.63) is 60.2 Å². The van der Waals surface area contributed by atoms with E-state index in [1.165, 1.54) is 0 Å². The third-order valence-corrected chi connectivity index (χ3v) is 4.57. The zero-order chi connectivity index (χ0) is 19.5. The maximum absolute atomic E-state index is 12.2. The molecule has 0 aromatic heterocycles. The topological polar surface area (TPSA) is 74.7 Å². The maximum atomic E-state index is 12.2. The van der Waals surface area contributed by atoms with Gasteiger partial charge in [0.2, 0.25) is 5.91 Å². The Labute approximate surface area is 160 Å². The number of aliphatic carboxylic acids is 1. The number of hydrogen-bond acceptors (Lipinski definition) is 3. The summed E-state index contributed by atoms with van der Waals surface area (Å²) >= 11 is 0. The number of benzene rings is 1. The lowest BCUT2D eigenvalue weighted by Crippen LogP contribution is -2.42. The molecule has 27 heavy (non-hydrogen) atoms. The zero-order valence-electron chi connectivity index (χ0n) is 15.5. The second-order valence-corrected chi connectivity index (χ2v) is 6.75. The van der Waals surface area contributed by atoms with Gasteiger partial charge < -0.3 is 10.0 Å². The van der Waals surface area contributed by atoms with E-state index >= 15 is 0 Å². The van der Waals surface area contributed by atoms with E-state index in [0.29, 0.717) is 32.2 Å². The van der Waals surface area contributed by atoms with Gasteiger partial charge in [-0.25, -0.2) is 0 Å². The molecule has 5 nitrogen and oxygen atoms in total. The highest BCUT2D eigenvalue weighted by Gasteiger charge is 2.25. The summed E-state index contributed by atoms with van der Waals surface area (Å²) in [7, 11) is 0. The van der Waals surface area contributed by atoms with Gasteiger partial charge in [-0.3, -0.25) is 14.4 Å². The van der Waals surface area contributed by atoms with Gasteiger partial charge >= 0.3 is 5.97 Å². The third kappa shape index (κ3) is 7.60. The number of carbonyl (C=O) groups is 3. The molecule has 1 fully saturated rings. The maximum Gasteiger partial charge on any atom is 0.303 e. The van der Waals surface area contributed by atoms with Crippen LogP contribution < -0.4 is 0 Å². The Morgan fingerprint density at radius 3 is 2.70 bits per heavy atom. The number of amides is 1. The van der Waals surface area contributed by atoms with Gasteiger partial charge in [-0.1, -0.05) is 48.6 Å². The normalized spacial score (nSPS) is 17.7. The zero-order valence-corrected chi connectivity index (χ0v) is 15.5. The fourth-order valence-electron chi connectivity index (χ4n) is 3.14. The Morgan fingerprint density at radius 1 is 1.19 bits per heavy atom. The average Bonchev–Trinajstić information content (AvgIpc) is 2.65. The molecule has 0 saturated carbocycles. The average molecular weight is 369 g/mol. The Kier molecular flexibility index (Phi) is 8.49. The van der Waals surface area contributed by atoms with Gasteiger partial charge in [-0.2, -0.15) is 0 Å². The van der Waals surface area contributed by atoms with Crippen LogP contribution in [0, 0.1) is 0 Å². The number of piperidine rings is 1. The van der Waals surface area contributed by atoms with Crippen molar-refractivity contribution in [3.8, 4) is 0 Å². The Hall–Kier alpha value is -2.69. The van der Waals surface area contributed by atoms with Gasteiger partial charge in [0.25, 0.3) is 0 Å². The predicted octanol–water partition coefficient (Wildman–Crippen LogP) is 3.55. The van der Waals surface area contributed by atoms with Gasteiger partial charge in [-0.05, 0) is 37.3 Å². The first-order valence-electron chi connectivity index (χ1n) is 9.47. The number of carbonyl (C=O) groups excluding carboxylic acids is 2. The van der Waals surface area contributed by atoms with Crippen LogP contribution in [0.3, 0.4) is 0 Å². The minimum absolute atomic E-state index is 0.0309. The fourth-order valence-corrected chi connectivity index (χ4v) is 3.14. The standard InChI is InChI=1S/C22H27NO4/c24-20(17-18-9-4-3-5-10-18)15-14-19-11-8-12-21(25)23(19)16-7-2-1-6-13-22(26)27/h2-5,7,9-10,14-15,19H,1,6,8,11-13,16-17H2,(H,26,27)/b7-2-,15-14+/t19-/m1/s1. The van der Waals surface area contributed by atoms with Crippen LogP contribution in [0.15, 0.2) is 54.6 Å². The highest BCUT2D eigenvalue weighted by molar-refractivity contribution is 5.91. The second-order valence-electron chi connectivity index (χ2n) is 6.75. The first-order valence-corrected chi connectivity index (χ1v) is 9.47. The Bertz CT molecular complexity index is 694. The summed E-state index contributed by atoms with van der Waals surface area (Å²) in [5.41, 5.74) is 0.980. The molecule has 0 spiro atoms. The number of likely N-dealkylation sites (tertiary alicyclic amines) is 1. The van der Waals surface area contributed by atoms with E-state index in [1.807, 2.05) is 48.6 Å². The number of unbranched alkanes of at least 4 members (excludes halogenated alkanes) is 1. The first-order chi connectivity index (χ1) is 13.1. The quantitative estimate of drug-likeness (QED) is 0.389. The molecule has 0 unspecified atom stereocenters. The van der Waals surface area contributed by atoms with Gasteiger partial charge in [0.05, 0.1) is 6.04 Å². The van der Waals surface area contributed by atoms with Crippen molar-refractivity contribution in [2.75, 3.05) is 6.54 Å². The number of carboxylic acid groups (broad SMARTS) is 1. The molecule has 2 rings (SSSR count). The van der Waals surface area contributed by atoms with E-state index < -0.39 is 5.97 Å². The molecular formula is C22H27NO4. The number of hydrogen-bond donors (Lipinski definition) is 1. The minimum atomic E-state index is -0.792. The Morgan fingerprint density at radius 2 is 1.96 bits per heavy atom. The van der Waals surface area contributed by atoms with Crippen molar-refractivity contribution >= 4 is 17.7 Å². The van der Waals surface area contributed by atoms with Crippen LogP contribution in [-0.2, 0) is 20.8 Å². The van der Waals surface area contributed by atoms with Crippen LogP contribution in [0.4, 0.5) is 0 Å². The van der Waals surface area contributed by atoms with Crippen LogP contribution in [0.25, 0.3) is 0 Å². The van der Waals surface area contributed by atoms with Crippen molar-refractivity contribution in [1.82, 2.24) is 4.90 Å². The first kappa shape index (κ1) is 20.6. The summed E-state index contributed by atoms with van der Waals surface area (Å²) in [6.07, 6.45) is 11.3. The molecule has 144 valence electrons. The predicted molar refractivity (Wildman–Crippen MR) is 104 cm³/mol. The number of ketones is 1. The van der Waals surface area contributed by atoms with Crippen LogP contribution in [0.2, 0.25) is 0 Å². The summed E-state index contributed by atoms with van der Waals surface area (Å²) in [5.74, 6) is -0.662. The minimum Gasteiger partial charge on any atom is -0.481 e. The SMILES string of the molecule is O=C(O)CCC/C=C\CN1C(=O)CCC[C@@H]1/C=C/C(=O)Cc1ccccc1. The highest BCUT2D eigenvalue weighted by Crippen LogP contribution is 2.19. The molecular weight excluding hydrogens is 342 g/mol. The number of nitrogens with zero attached hydrogens (tertiary/aromatic N) is 1. The molecule has 0 aliphatic carbocycles. The molecule has 5 heteroatoms. The summed E-state index contributed by atoms with van der Waals surface area (Å²) in [4.78, 5) is 36.7. The van der Waals surface area contributed by atoms with Crippen molar-refractivity contribution in [1.29, 1.82) is 0 Å². The fraction of sp³-hybridized carbons (Fsp3) is 0.409. The largest absolute Gasteiger partial charge is 0.481 e.